The summed E-state index contributed by atoms with van der Waals surface area (Å²) in [5.41, 5.74) is 0.708. The van der Waals surface area contributed by atoms with Gasteiger partial charge in [0.2, 0.25) is 0 Å². The van der Waals surface area contributed by atoms with Gasteiger partial charge >= 0.3 is 0 Å². The van der Waals surface area contributed by atoms with Crippen LogP contribution >= 0.6 is 0 Å². The van der Waals surface area contributed by atoms with Gasteiger partial charge in [-0.1, -0.05) is 33.6 Å². The lowest BCUT2D eigenvalue weighted by Crippen LogP contribution is -2.08. The summed E-state index contributed by atoms with van der Waals surface area (Å²) < 4.78 is 0. The van der Waals surface area contributed by atoms with Crippen molar-refractivity contribution in [1.29, 1.82) is 0 Å². The molecule has 2 atom stereocenters. The largest absolute Gasteiger partial charge is 0.0649 e. The Morgan fingerprint density at radius 3 is 2.44 bits per heavy atom. The third-order valence-electron chi connectivity index (χ3n) is 2.94. The van der Waals surface area contributed by atoms with Crippen molar-refractivity contribution in [3.05, 3.63) is 0 Å². The summed E-state index contributed by atoms with van der Waals surface area (Å²) in [5.74, 6) is 0.995. The summed E-state index contributed by atoms with van der Waals surface area (Å²) >= 11 is 0. The maximum atomic E-state index is 2.43. The predicted molar refractivity (Wildman–Crippen MR) is 41.4 cm³/mol. The van der Waals surface area contributed by atoms with E-state index in [9.17, 15) is 0 Å². The smallest absolute Gasteiger partial charge is 0.0326 e. The second kappa shape index (κ2) is 2.32. The van der Waals surface area contributed by atoms with Crippen molar-refractivity contribution < 1.29 is 0 Å². The van der Waals surface area contributed by atoms with Gasteiger partial charge in [-0.15, -0.1) is 0 Å². The van der Waals surface area contributed by atoms with Crippen LogP contribution in [0.4, 0.5) is 0 Å². The average molecular weight is 126 g/mol. The normalized spacial score (nSPS) is 43.7. The molecule has 0 radical (unpaired) electrons. The van der Waals surface area contributed by atoms with Crippen LogP contribution in [0.2, 0.25) is 0 Å². The lowest BCUT2D eigenvalue weighted by Gasteiger charge is -2.20. The van der Waals surface area contributed by atoms with Crippen LogP contribution in [0.25, 0.3) is 0 Å². The fourth-order valence-electron chi connectivity index (χ4n) is 1.96. The molecule has 0 aliphatic heterocycles. The van der Waals surface area contributed by atoms with Gasteiger partial charge in [0.15, 0.2) is 0 Å². The molecule has 0 N–H and O–H groups in total. The molecular weight excluding hydrogens is 108 g/mol. The molecule has 9 heavy (non-hydrogen) atoms. The van der Waals surface area contributed by atoms with E-state index in [1.807, 2.05) is 0 Å². The van der Waals surface area contributed by atoms with Crippen molar-refractivity contribution in [1.82, 2.24) is 0 Å². The molecule has 1 fully saturated rings. The highest BCUT2D eigenvalue weighted by Crippen LogP contribution is 2.43. The zero-order valence-electron chi connectivity index (χ0n) is 6.91. The van der Waals surface area contributed by atoms with Gasteiger partial charge in [0.25, 0.3) is 0 Å². The van der Waals surface area contributed by atoms with Crippen LogP contribution in [-0.4, -0.2) is 0 Å². The van der Waals surface area contributed by atoms with E-state index in [2.05, 4.69) is 20.8 Å². The first-order chi connectivity index (χ1) is 4.16. The van der Waals surface area contributed by atoms with Crippen LogP contribution in [0.1, 0.15) is 46.5 Å². The average Bonchev–Trinajstić information content (AvgIpc) is 2.13. The summed E-state index contributed by atoms with van der Waals surface area (Å²) in [6.07, 6.45) is 5.76. The molecule has 0 amide bonds. The van der Waals surface area contributed by atoms with Crippen LogP contribution in [0.3, 0.4) is 0 Å². The molecule has 0 heterocycles. The Morgan fingerprint density at radius 1 is 1.56 bits per heavy atom. The summed E-state index contributed by atoms with van der Waals surface area (Å²) in [6, 6.07) is 0. The Morgan fingerprint density at radius 2 is 2.22 bits per heavy atom. The van der Waals surface area contributed by atoms with E-state index in [0.29, 0.717) is 5.41 Å². The first kappa shape index (κ1) is 7.11. The van der Waals surface area contributed by atoms with Crippen LogP contribution in [0, 0.1) is 11.3 Å². The molecule has 54 valence electrons. The van der Waals surface area contributed by atoms with Crippen molar-refractivity contribution >= 4 is 0 Å². The lowest BCUT2D eigenvalue weighted by atomic mass is 9.85. The van der Waals surface area contributed by atoms with Crippen LogP contribution in [0.5, 0.6) is 0 Å². The van der Waals surface area contributed by atoms with Crippen molar-refractivity contribution in [2.75, 3.05) is 0 Å². The number of hydrogen-bond donors (Lipinski definition) is 0. The maximum absolute atomic E-state index is 2.43. The lowest BCUT2D eigenvalue weighted by molar-refractivity contribution is 0.312. The van der Waals surface area contributed by atoms with Crippen LogP contribution in [-0.2, 0) is 0 Å². The molecular formula is C9H18. The molecule has 0 heteroatoms. The van der Waals surface area contributed by atoms with E-state index in [1.165, 1.54) is 25.7 Å². The Bertz CT molecular complexity index is 96.2. The molecule has 1 rings (SSSR count). The zero-order chi connectivity index (χ0) is 6.91. The van der Waals surface area contributed by atoms with E-state index < -0.39 is 0 Å². The van der Waals surface area contributed by atoms with E-state index in [0.717, 1.165) is 5.92 Å². The number of rotatable bonds is 1. The highest BCUT2D eigenvalue weighted by molar-refractivity contribution is 4.82. The molecule has 0 aromatic heterocycles. The molecule has 0 unspecified atom stereocenters. The van der Waals surface area contributed by atoms with Gasteiger partial charge < -0.3 is 0 Å². The van der Waals surface area contributed by atoms with Crippen LogP contribution in [0.15, 0.2) is 0 Å². The van der Waals surface area contributed by atoms with Crippen LogP contribution < -0.4 is 0 Å². The zero-order valence-corrected chi connectivity index (χ0v) is 6.91. The van der Waals surface area contributed by atoms with Crippen molar-refractivity contribution in [3.8, 4) is 0 Å². The Hall–Kier alpha value is 0. The summed E-state index contributed by atoms with van der Waals surface area (Å²) in [4.78, 5) is 0. The van der Waals surface area contributed by atoms with Gasteiger partial charge in [-0.3, -0.25) is 0 Å². The van der Waals surface area contributed by atoms with E-state index in [4.69, 9.17) is 0 Å². The second-order valence-corrected chi connectivity index (χ2v) is 4.01. The molecule has 0 saturated heterocycles. The third-order valence-corrected chi connectivity index (χ3v) is 2.94. The quantitative estimate of drug-likeness (QED) is 0.506. The SMILES string of the molecule is CC[C@]1(C)CC[C@H](C)C1. The van der Waals surface area contributed by atoms with E-state index in [-0.39, 0.29) is 0 Å². The Kier molecular flexibility index (Phi) is 1.83. The second-order valence-electron chi connectivity index (χ2n) is 4.01. The Labute approximate surface area is 58.7 Å². The van der Waals surface area contributed by atoms with Crippen molar-refractivity contribution in [2.24, 2.45) is 11.3 Å². The van der Waals surface area contributed by atoms with Gasteiger partial charge in [0.05, 0.1) is 0 Å². The molecule has 0 spiro atoms. The summed E-state index contributed by atoms with van der Waals surface area (Å²) in [6.45, 7) is 7.12. The fourth-order valence-corrected chi connectivity index (χ4v) is 1.96. The minimum atomic E-state index is 0.708. The maximum Gasteiger partial charge on any atom is -0.0326 e. The molecule has 1 saturated carbocycles. The molecule has 1 aliphatic rings. The highest BCUT2D eigenvalue weighted by Gasteiger charge is 2.30. The predicted octanol–water partition coefficient (Wildman–Crippen LogP) is 3.22. The minimum Gasteiger partial charge on any atom is -0.0649 e. The van der Waals surface area contributed by atoms with Gasteiger partial charge in [-0.2, -0.15) is 0 Å². The summed E-state index contributed by atoms with van der Waals surface area (Å²) in [5, 5.41) is 0. The third kappa shape index (κ3) is 1.47. The molecule has 0 bridgehead atoms. The molecule has 0 aromatic carbocycles. The van der Waals surface area contributed by atoms with Gasteiger partial charge in [-0.05, 0) is 24.2 Å². The van der Waals surface area contributed by atoms with E-state index in [1.54, 1.807) is 0 Å². The minimum absolute atomic E-state index is 0.708. The van der Waals surface area contributed by atoms with Gasteiger partial charge in [0.1, 0.15) is 0 Å². The van der Waals surface area contributed by atoms with Gasteiger partial charge in [-0.25, -0.2) is 0 Å². The highest BCUT2D eigenvalue weighted by atomic mass is 14.4. The fraction of sp³-hybridized carbons (Fsp3) is 1.00. The number of hydrogen-bond acceptors (Lipinski definition) is 0. The van der Waals surface area contributed by atoms with Gasteiger partial charge in [0, 0.05) is 0 Å². The molecule has 1 aliphatic carbocycles. The first-order valence-corrected chi connectivity index (χ1v) is 4.16. The summed E-state index contributed by atoms with van der Waals surface area (Å²) in [7, 11) is 0. The molecule has 0 nitrogen and oxygen atoms in total. The monoisotopic (exact) mass is 126 g/mol. The Balaban J connectivity index is 2.45. The standard InChI is InChI=1S/C9H18/c1-4-9(3)6-5-8(2)7-9/h8H,4-7H2,1-3H3/t8-,9+/m0/s1. The van der Waals surface area contributed by atoms with Crippen molar-refractivity contribution in [2.45, 2.75) is 46.5 Å². The van der Waals surface area contributed by atoms with Crippen molar-refractivity contribution in [3.63, 3.8) is 0 Å². The molecule has 0 aromatic rings. The first-order valence-electron chi connectivity index (χ1n) is 4.16. The topological polar surface area (TPSA) is 0 Å². The van der Waals surface area contributed by atoms with E-state index >= 15 is 0 Å².